The Morgan fingerprint density at radius 3 is 2.64 bits per heavy atom. The first-order valence-electron chi connectivity index (χ1n) is 4.69. The van der Waals surface area contributed by atoms with Crippen molar-refractivity contribution in [1.29, 1.82) is 0 Å². The molecule has 0 radical (unpaired) electrons. The fourth-order valence-corrected chi connectivity index (χ4v) is 1.80. The van der Waals surface area contributed by atoms with Gasteiger partial charge < -0.3 is 9.69 Å². The minimum Gasteiger partial charge on any atom is -0.320 e. The fourth-order valence-electron chi connectivity index (χ4n) is 1.15. The Labute approximate surface area is 88.8 Å². The van der Waals surface area contributed by atoms with Gasteiger partial charge in [0.25, 0.3) is 0 Å². The average Bonchev–Trinajstić information content (AvgIpc) is 2.97. The summed E-state index contributed by atoms with van der Waals surface area (Å²) in [6.07, 6.45) is 5.08. The lowest BCUT2D eigenvalue weighted by molar-refractivity contribution is -0.108. The molecule has 0 aromatic heterocycles. The van der Waals surface area contributed by atoms with Gasteiger partial charge in [-0.05, 0) is 30.7 Å². The van der Waals surface area contributed by atoms with Gasteiger partial charge in [-0.15, -0.1) is 0 Å². The van der Waals surface area contributed by atoms with E-state index in [0.717, 1.165) is 12.8 Å². The number of aldehydes is 1. The first-order valence-corrected chi connectivity index (χ1v) is 5.87. The topological polar surface area (TPSA) is 40.6 Å². The van der Waals surface area contributed by atoms with Gasteiger partial charge >= 0.3 is 6.03 Å². The SMILES string of the molecule is CSN(CC1CC1)C(=O)N(C)CC=O. The van der Waals surface area contributed by atoms with Crippen molar-refractivity contribution in [2.24, 2.45) is 5.92 Å². The zero-order valence-corrected chi connectivity index (χ0v) is 9.42. The second-order valence-corrected chi connectivity index (χ2v) is 4.32. The van der Waals surface area contributed by atoms with Crippen molar-refractivity contribution in [3.63, 3.8) is 0 Å². The molecule has 0 aromatic carbocycles. The molecule has 1 saturated carbocycles. The highest BCUT2D eigenvalue weighted by Gasteiger charge is 2.27. The second-order valence-electron chi connectivity index (χ2n) is 3.52. The second kappa shape index (κ2) is 5.24. The molecule has 4 nitrogen and oxygen atoms in total. The number of carbonyl (C=O) groups is 2. The van der Waals surface area contributed by atoms with E-state index in [1.165, 1.54) is 29.7 Å². The molecule has 0 aliphatic heterocycles. The highest BCUT2D eigenvalue weighted by atomic mass is 32.2. The van der Waals surface area contributed by atoms with Crippen LogP contribution in [0.1, 0.15) is 12.8 Å². The molecule has 0 saturated heterocycles. The summed E-state index contributed by atoms with van der Waals surface area (Å²) in [5.41, 5.74) is 0. The lowest BCUT2D eigenvalue weighted by Gasteiger charge is -2.24. The van der Waals surface area contributed by atoms with E-state index in [-0.39, 0.29) is 12.6 Å². The monoisotopic (exact) mass is 216 g/mol. The molecule has 0 heterocycles. The molecular weight excluding hydrogens is 200 g/mol. The molecule has 1 aliphatic carbocycles. The quantitative estimate of drug-likeness (QED) is 0.512. The van der Waals surface area contributed by atoms with Crippen LogP contribution in [0.5, 0.6) is 0 Å². The summed E-state index contributed by atoms with van der Waals surface area (Å²) in [4.78, 5) is 23.4. The third-order valence-electron chi connectivity index (χ3n) is 2.23. The van der Waals surface area contributed by atoms with E-state index in [2.05, 4.69) is 0 Å². The molecule has 0 unspecified atom stereocenters. The van der Waals surface area contributed by atoms with E-state index in [4.69, 9.17) is 0 Å². The molecule has 1 fully saturated rings. The predicted molar refractivity (Wildman–Crippen MR) is 57.0 cm³/mol. The van der Waals surface area contributed by atoms with Crippen molar-refractivity contribution >= 4 is 24.3 Å². The molecule has 1 aliphatic rings. The highest BCUT2D eigenvalue weighted by molar-refractivity contribution is 7.96. The summed E-state index contributed by atoms with van der Waals surface area (Å²) in [5.74, 6) is 0.677. The van der Waals surface area contributed by atoms with Crippen LogP contribution in [0.2, 0.25) is 0 Å². The van der Waals surface area contributed by atoms with E-state index in [0.29, 0.717) is 5.92 Å². The van der Waals surface area contributed by atoms with Crippen LogP contribution in [0.25, 0.3) is 0 Å². The molecule has 0 N–H and O–H groups in total. The zero-order chi connectivity index (χ0) is 10.6. The van der Waals surface area contributed by atoms with Crippen molar-refractivity contribution in [1.82, 2.24) is 9.21 Å². The number of nitrogens with zero attached hydrogens (tertiary/aromatic N) is 2. The first-order chi connectivity index (χ1) is 6.69. The molecule has 5 heteroatoms. The minimum atomic E-state index is -0.0727. The van der Waals surface area contributed by atoms with Crippen molar-refractivity contribution in [2.45, 2.75) is 12.8 Å². The third kappa shape index (κ3) is 3.21. The van der Waals surface area contributed by atoms with Gasteiger partial charge in [0.2, 0.25) is 0 Å². The van der Waals surface area contributed by atoms with Crippen LogP contribution >= 0.6 is 11.9 Å². The van der Waals surface area contributed by atoms with E-state index in [9.17, 15) is 9.59 Å². The van der Waals surface area contributed by atoms with Crippen LogP contribution in [-0.4, -0.2) is 47.9 Å². The highest BCUT2D eigenvalue weighted by Crippen LogP contribution is 2.31. The smallest absolute Gasteiger partial charge is 0.320 e. The van der Waals surface area contributed by atoms with E-state index < -0.39 is 0 Å². The Bertz CT molecular complexity index is 219. The molecule has 0 bridgehead atoms. The molecule has 0 spiro atoms. The van der Waals surface area contributed by atoms with Crippen LogP contribution in [0.15, 0.2) is 0 Å². The largest absolute Gasteiger partial charge is 0.330 e. The Morgan fingerprint density at radius 2 is 2.21 bits per heavy atom. The maximum Gasteiger partial charge on any atom is 0.330 e. The standard InChI is InChI=1S/C9H16N2O2S/c1-10(5-6-12)9(13)11(14-2)7-8-3-4-8/h6,8H,3-5,7H2,1-2H3. The van der Waals surface area contributed by atoms with E-state index in [1.54, 1.807) is 11.4 Å². The van der Waals surface area contributed by atoms with Gasteiger partial charge in [-0.25, -0.2) is 4.79 Å². The number of amides is 2. The van der Waals surface area contributed by atoms with Crippen LogP contribution in [0.3, 0.4) is 0 Å². The predicted octanol–water partition coefficient (Wildman–Crippen LogP) is 1.23. The van der Waals surface area contributed by atoms with E-state index in [1.807, 2.05) is 6.26 Å². The lowest BCUT2D eigenvalue weighted by atomic mass is 10.4. The van der Waals surface area contributed by atoms with Gasteiger partial charge in [-0.2, -0.15) is 0 Å². The summed E-state index contributed by atoms with van der Waals surface area (Å²) >= 11 is 1.43. The Morgan fingerprint density at radius 1 is 1.57 bits per heavy atom. The summed E-state index contributed by atoms with van der Waals surface area (Å²) in [5, 5.41) is 0. The molecule has 2 amide bonds. The molecule has 1 rings (SSSR count). The van der Waals surface area contributed by atoms with Crippen molar-refractivity contribution in [3.05, 3.63) is 0 Å². The molecule has 80 valence electrons. The molecular formula is C9H16N2O2S. The lowest BCUT2D eigenvalue weighted by Crippen LogP contribution is -2.38. The number of likely N-dealkylation sites (N-methyl/N-ethyl adjacent to an activating group) is 1. The van der Waals surface area contributed by atoms with Crippen LogP contribution < -0.4 is 0 Å². The number of rotatable bonds is 5. The fraction of sp³-hybridized carbons (Fsp3) is 0.778. The number of urea groups is 1. The maximum atomic E-state index is 11.7. The van der Waals surface area contributed by atoms with Crippen LogP contribution in [-0.2, 0) is 4.79 Å². The summed E-state index contributed by atoms with van der Waals surface area (Å²) < 4.78 is 1.72. The third-order valence-corrected chi connectivity index (χ3v) is 2.98. The Balaban J connectivity index is 2.40. The number of hydrogen-bond donors (Lipinski definition) is 0. The van der Waals surface area contributed by atoms with Gasteiger partial charge in [0.15, 0.2) is 0 Å². The summed E-state index contributed by atoms with van der Waals surface area (Å²) in [7, 11) is 1.65. The van der Waals surface area contributed by atoms with Crippen molar-refractivity contribution in [2.75, 3.05) is 26.4 Å². The van der Waals surface area contributed by atoms with Crippen LogP contribution in [0.4, 0.5) is 4.79 Å². The first kappa shape index (κ1) is 11.4. The summed E-state index contributed by atoms with van der Waals surface area (Å²) in [6.45, 7) is 0.976. The normalized spacial score (nSPS) is 15.0. The van der Waals surface area contributed by atoms with Gasteiger partial charge in [-0.1, -0.05) is 0 Å². The van der Waals surface area contributed by atoms with E-state index >= 15 is 0 Å². The van der Waals surface area contributed by atoms with Gasteiger partial charge in [0, 0.05) is 19.8 Å². The van der Waals surface area contributed by atoms with Crippen LogP contribution in [0, 0.1) is 5.92 Å². The number of hydrogen-bond acceptors (Lipinski definition) is 3. The average molecular weight is 216 g/mol. The van der Waals surface area contributed by atoms with Crippen molar-refractivity contribution < 1.29 is 9.59 Å². The number of carbonyl (C=O) groups excluding carboxylic acids is 2. The van der Waals surface area contributed by atoms with Crippen molar-refractivity contribution in [3.8, 4) is 0 Å². The molecule has 0 atom stereocenters. The zero-order valence-electron chi connectivity index (χ0n) is 8.60. The minimum absolute atomic E-state index is 0.0727. The van der Waals surface area contributed by atoms with Gasteiger partial charge in [-0.3, -0.25) is 4.31 Å². The molecule has 0 aromatic rings. The van der Waals surface area contributed by atoms with Gasteiger partial charge in [0.05, 0.1) is 6.54 Å². The Kier molecular flexibility index (Phi) is 4.25. The molecule has 14 heavy (non-hydrogen) atoms. The Hall–Kier alpha value is -0.710. The summed E-state index contributed by atoms with van der Waals surface area (Å²) in [6, 6.07) is -0.0727. The van der Waals surface area contributed by atoms with Gasteiger partial charge in [0.1, 0.15) is 6.29 Å². The maximum absolute atomic E-state index is 11.7.